The Labute approximate surface area is 107 Å². The Balaban J connectivity index is 2.02. The molecule has 0 aromatic heterocycles. The van der Waals surface area contributed by atoms with Gasteiger partial charge in [0.05, 0.1) is 12.7 Å². The minimum atomic E-state index is -0.312. The minimum Gasteiger partial charge on any atom is -0.392 e. The molecule has 0 spiro atoms. The van der Waals surface area contributed by atoms with E-state index in [0.29, 0.717) is 5.56 Å². The van der Waals surface area contributed by atoms with Crippen LogP contribution in [0.5, 0.6) is 0 Å². The molecular weight excluding hydrogens is 233 g/mol. The lowest BCUT2D eigenvalue weighted by Gasteiger charge is -2.28. The average Bonchev–Trinajstić information content (AvgIpc) is 2.39. The summed E-state index contributed by atoms with van der Waals surface area (Å²) in [6.45, 7) is 1.44. The fraction of sp³-hybridized carbons (Fsp3) is 0.571. The van der Waals surface area contributed by atoms with Crippen molar-refractivity contribution >= 4 is 5.69 Å². The number of halogens is 1. The molecule has 1 unspecified atom stereocenters. The van der Waals surface area contributed by atoms with Crippen LogP contribution in [-0.4, -0.2) is 31.4 Å². The van der Waals surface area contributed by atoms with Gasteiger partial charge in [0.25, 0.3) is 0 Å². The van der Waals surface area contributed by atoms with E-state index >= 15 is 0 Å². The van der Waals surface area contributed by atoms with Gasteiger partial charge in [-0.3, -0.25) is 0 Å². The van der Waals surface area contributed by atoms with Crippen LogP contribution in [0.2, 0.25) is 0 Å². The van der Waals surface area contributed by atoms with E-state index < -0.39 is 0 Å². The number of aliphatic hydroxyl groups excluding tert-OH is 1. The fourth-order valence-electron chi connectivity index (χ4n) is 2.31. The first kappa shape index (κ1) is 13.3. The monoisotopic (exact) mass is 253 g/mol. The first-order chi connectivity index (χ1) is 8.69. The first-order valence-corrected chi connectivity index (χ1v) is 6.42. The van der Waals surface area contributed by atoms with Crippen molar-refractivity contribution < 1.29 is 14.2 Å². The molecule has 1 aromatic carbocycles. The largest absolute Gasteiger partial charge is 0.392 e. The van der Waals surface area contributed by atoms with E-state index in [1.54, 1.807) is 0 Å². The quantitative estimate of drug-likeness (QED) is 0.894. The molecule has 3 nitrogen and oxygen atoms in total. The van der Waals surface area contributed by atoms with Gasteiger partial charge in [-0.1, -0.05) is 0 Å². The van der Waals surface area contributed by atoms with Gasteiger partial charge in [0.15, 0.2) is 0 Å². The summed E-state index contributed by atoms with van der Waals surface area (Å²) >= 11 is 0. The molecule has 0 aliphatic carbocycles. The highest BCUT2D eigenvalue weighted by Crippen LogP contribution is 2.20. The highest BCUT2D eigenvalue weighted by molar-refractivity contribution is 5.48. The molecule has 0 bridgehead atoms. The van der Waals surface area contributed by atoms with E-state index in [0.717, 1.165) is 31.7 Å². The van der Waals surface area contributed by atoms with Crippen molar-refractivity contribution in [3.05, 3.63) is 29.6 Å². The van der Waals surface area contributed by atoms with Crippen molar-refractivity contribution in [2.24, 2.45) is 0 Å². The van der Waals surface area contributed by atoms with Gasteiger partial charge in [0.1, 0.15) is 5.82 Å². The summed E-state index contributed by atoms with van der Waals surface area (Å²) < 4.78 is 19.1. The molecule has 100 valence electrons. The smallest absolute Gasteiger partial charge is 0.125 e. The van der Waals surface area contributed by atoms with E-state index in [1.807, 2.05) is 18.0 Å². The SMILES string of the molecule is CN(CC1CCCCO1)c1cc(F)cc(CO)c1. The van der Waals surface area contributed by atoms with Crippen LogP contribution < -0.4 is 4.90 Å². The van der Waals surface area contributed by atoms with Gasteiger partial charge in [-0.2, -0.15) is 0 Å². The van der Waals surface area contributed by atoms with Crippen LogP contribution in [0.3, 0.4) is 0 Å². The van der Waals surface area contributed by atoms with Crippen molar-refractivity contribution in [2.75, 3.05) is 25.1 Å². The zero-order chi connectivity index (χ0) is 13.0. The lowest BCUT2D eigenvalue weighted by atomic mass is 10.1. The number of nitrogens with zero attached hydrogens (tertiary/aromatic N) is 1. The van der Waals surface area contributed by atoms with Gasteiger partial charge in [-0.25, -0.2) is 4.39 Å². The van der Waals surface area contributed by atoms with E-state index in [-0.39, 0.29) is 18.5 Å². The normalized spacial score (nSPS) is 19.8. The van der Waals surface area contributed by atoms with E-state index in [9.17, 15) is 4.39 Å². The van der Waals surface area contributed by atoms with Gasteiger partial charge in [0, 0.05) is 25.9 Å². The molecule has 0 saturated carbocycles. The molecule has 2 rings (SSSR count). The van der Waals surface area contributed by atoms with E-state index in [4.69, 9.17) is 9.84 Å². The fourth-order valence-corrected chi connectivity index (χ4v) is 2.31. The van der Waals surface area contributed by atoms with Gasteiger partial charge >= 0.3 is 0 Å². The average molecular weight is 253 g/mol. The molecule has 1 aliphatic heterocycles. The maximum atomic E-state index is 13.4. The molecule has 1 aromatic rings. The van der Waals surface area contributed by atoms with Crippen LogP contribution in [0.25, 0.3) is 0 Å². The van der Waals surface area contributed by atoms with Crippen molar-refractivity contribution in [3.63, 3.8) is 0 Å². The Bertz CT molecular complexity index is 391. The van der Waals surface area contributed by atoms with Crippen LogP contribution in [0, 0.1) is 5.82 Å². The van der Waals surface area contributed by atoms with Crippen LogP contribution in [-0.2, 0) is 11.3 Å². The molecule has 1 atom stereocenters. The van der Waals surface area contributed by atoms with E-state index in [1.165, 1.54) is 18.6 Å². The number of anilines is 1. The number of hydrogen-bond acceptors (Lipinski definition) is 3. The summed E-state index contributed by atoms with van der Waals surface area (Å²) in [5, 5.41) is 9.08. The standard InChI is InChI=1S/C14H20FNO2/c1-16(9-14-4-2-3-5-18-14)13-7-11(10-17)6-12(15)8-13/h6-8,14,17H,2-5,9-10H2,1H3. The number of ether oxygens (including phenoxy) is 1. The Morgan fingerprint density at radius 2 is 2.22 bits per heavy atom. The molecule has 0 radical (unpaired) electrons. The number of aliphatic hydroxyl groups is 1. The molecule has 18 heavy (non-hydrogen) atoms. The predicted octanol–water partition coefficient (Wildman–Crippen LogP) is 2.32. The number of hydrogen-bond donors (Lipinski definition) is 1. The number of likely N-dealkylation sites (N-methyl/N-ethyl adjacent to an activating group) is 1. The lowest BCUT2D eigenvalue weighted by Crippen LogP contribution is -2.33. The van der Waals surface area contributed by atoms with Crippen molar-refractivity contribution in [2.45, 2.75) is 32.0 Å². The Kier molecular flexibility index (Phi) is 4.55. The molecule has 1 fully saturated rings. The second-order valence-corrected chi connectivity index (χ2v) is 4.84. The Morgan fingerprint density at radius 1 is 1.39 bits per heavy atom. The maximum absolute atomic E-state index is 13.4. The van der Waals surface area contributed by atoms with Crippen LogP contribution in [0.4, 0.5) is 10.1 Å². The summed E-state index contributed by atoms with van der Waals surface area (Å²) in [6.07, 6.45) is 3.62. The van der Waals surface area contributed by atoms with Crippen molar-refractivity contribution in [3.8, 4) is 0 Å². The van der Waals surface area contributed by atoms with Gasteiger partial charge in [-0.15, -0.1) is 0 Å². The first-order valence-electron chi connectivity index (χ1n) is 6.42. The molecule has 1 heterocycles. The molecular formula is C14H20FNO2. The summed E-state index contributed by atoms with van der Waals surface area (Å²) in [4.78, 5) is 1.98. The molecule has 1 saturated heterocycles. The Morgan fingerprint density at radius 3 is 2.89 bits per heavy atom. The lowest BCUT2D eigenvalue weighted by molar-refractivity contribution is 0.0216. The van der Waals surface area contributed by atoms with Crippen LogP contribution in [0.15, 0.2) is 18.2 Å². The van der Waals surface area contributed by atoms with Crippen molar-refractivity contribution in [1.82, 2.24) is 0 Å². The van der Waals surface area contributed by atoms with Crippen LogP contribution in [0.1, 0.15) is 24.8 Å². The molecule has 1 N–H and O–H groups in total. The molecule has 1 aliphatic rings. The van der Waals surface area contributed by atoms with Crippen LogP contribution >= 0.6 is 0 Å². The summed E-state index contributed by atoms with van der Waals surface area (Å²) in [6, 6.07) is 4.66. The highest BCUT2D eigenvalue weighted by Gasteiger charge is 2.16. The third kappa shape index (κ3) is 3.43. The Hall–Kier alpha value is -1.13. The van der Waals surface area contributed by atoms with Gasteiger partial charge in [0.2, 0.25) is 0 Å². The summed E-state index contributed by atoms with van der Waals surface area (Å²) in [5.41, 5.74) is 1.38. The predicted molar refractivity (Wildman–Crippen MR) is 69.2 cm³/mol. The molecule has 0 amide bonds. The van der Waals surface area contributed by atoms with Gasteiger partial charge in [-0.05, 0) is 43.0 Å². The third-order valence-corrected chi connectivity index (χ3v) is 3.32. The zero-order valence-corrected chi connectivity index (χ0v) is 10.7. The highest BCUT2D eigenvalue weighted by atomic mass is 19.1. The maximum Gasteiger partial charge on any atom is 0.125 e. The van der Waals surface area contributed by atoms with E-state index in [2.05, 4.69) is 0 Å². The number of rotatable bonds is 4. The van der Waals surface area contributed by atoms with Gasteiger partial charge < -0.3 is 14.7 Å². The summed E-state index contributed by atoms with van der Waals surface area (Å²) in [7, 11) is 1.92. The minimum absolute atomic E-state index is 0.140. The summed E-state index contributed by atoms with van der Waals surface area (Å²) in [5.74, 6) is -0.312. The topological polar surface area (TPSA) is 32.7 Å². The third-order valence-electron chi connectivity index (χ3n) is 3.32. The molecule has 4 heteroatoms. The second-order valence-electron chi connectivity index (χ2n) is 4.84. The zero-order valence-electron chi connectivity index (χ0n) is 10.7. The second kappa shape index (κ2) is 6.16. The number of benzene rings is 1. The van der Waals surface area contributed by atoms with Crippen molar-refractivity contribution in [1.29, 1.82) is 0 Å².